The SMILES string of the molecule is CC(C)(C)OC(=O)N1C[C@H](Cc2ccco2)C[C@H]1C(=O)[O-]. The van der Waals surface area contributed by atoms with E-state index in [2.05, 4.69) is 0 Å². The number of ether oxygens (including phenoxy) is 1. The van der Waals surface area contributed by atoms with E-state index in [0.717, 1.165) is 5.76 Å². The monoisotopic (exact) mass is 294 g/mol. The summed E-state index contributed by atoms with van der Waals surface area (Å²) in [5.74, 6) is -0.447. The van der Waals surface area contributed by atoms with E-state index >= 15 is 0 Å². The Kier molecular flexibility index (Phi) is 4.25. The smallest absolute Gasteiger partial charge is 0.410 e. The summed E-state index contributed by atoms with van der Waals surface area (Å²) in [5.41, 5.74) is -0.660. The zero-order valence-corrected chi connectivity index (χ0v) is 12.5. The third kappa shape index (κ3) is 4.00. The van der Waals surface area contributed by atoms with Gasteiger partial charge in [-0.3, -0.25) is 4.90 Å². The molecule has 0 saturated carbocycles. The molecule has 1 aromatic rings. The average Bonchev–Trinajstić information content (AvgIpc) is 2.96. The number of carbonyl (C=O) groups is 2. The molecule has 0 aromatic carbocycles. The fraction of sp³-hybridized carbons (Fsp3) is 0.600. The number of likely N-dealkylation sites (tertiary alicyclic amines) is 1. The Bertz CT molecular complexity index is 503. The summed E-state index contributed by atoms with van der Waals surface area (Å²) in [7, 11) is 0. The van der Waals surface area contributed by atoms with Crippen LogP contribution >= 0.6 is 0 Å². The Balaban J connectivity index is 2.05. The number of carboxylic acids is 1. The number of hydrogen-bond donors (Lipinski definition) is 0. The van der Waals surface area contributed by atoms with Crippen LogP contribution in [0.2, 0.25) is 0 Å². The number of furan rings is 1. The molecule has 1 aliphatic heterocycles. The molecule has 0 bridgehead atoms. The lowest BCUT2D eigenvalue weighted by molar-refractivity contribution is -0.310. The fourth-order valence-corrected chi connectivity index (χ4v) is 2.53. The molecule has 0 radical (unpaired) electrons. The molecule has 0 N–H and O–H groups in total. The van der Waals surface area contributed by atoms with Gasteiger partial charge in [-0.25, -0.2) is 4.79 Å². The van der Waals surface area contributed by atoms with Crippen molar-refractivity contribution in [1.29, 1.82) is 0 Å². The highest BCUT2D eigenvalue weighted by Crippen LogP contribution is 2.28. The number of amides is 1. The van der Waals surface area contributed by atoms with Crippen molar-refractivity contribution in [3.8, 4) is 0 Å². The highest BCUT2D eigenvalue weighted by molar-refractivity contribution is 5.79. The predicted octanol–water partition coefficient (Wildman–Crippen LogP) is 1.20. The maximum absolute atomic E-state index is 12.1. The van der Waals surface area contributed by atoms with Crippen LogP contribution in [0.4, 0.5) is 4.79 Å². The molecule has 1 amide bonds. The van der Waals surface area contributed by atoms with Crippen molar-refractivity contribution < 1.29 is 23.8 Å². The van der Waals surface area contributed by atoms with Crippen molar-refractivity contribution >= 4 is 12.1 Å². The summed E-state index contributed by atoms with van der Waals surface area (Å²) in [6, 6.07) is 2.68. The summed E-state index contributed by atoms with van der Waals surface area (Å²) in [6.45, 7) is 5.56. The van der Waals surface area contributed by atoms with Gasteiger partial charge < -0.3 is 19.1 Å². The molecule has 0 aliphatic carbocycles. The summed E-state index contributed by atoms with van der Waals surface area (Å²) in [5, 5.41) is 11.2. The zero-order chi connectivity index (χ0) is 15.6. The first-order valence-electron chi connectivity index (χ1n) is 6.99. The Morgan fingerprint density at radius 2 is 2.19 bits per heavy atom. The van der Waals surface area contributed by atoms with Gasteiger partial charge in [0.05, 0.1) is 18.3 Å². The average molecular weight is 294 g/mol. The summed E-state index contributed by atoms with van der Waals surface area (Å²) in [4.78, 5) is 24.6. The first kappa shape index (κ1) is 15.4. The molecule has 1 fully saturated rings. The van der Waals surface area contributed by atoms with Crippen LogP contribution in [0.15, 0.2) is 22.8 Å². The second-order valence-electron chi connectivity index (χ2n) is 6.35. The van der Waals surface area contributed by atoms with Gasteiger partial charge in [0.1, 0.15) is 11.4 Å². The first-order chi connectivity index (χ1) is 9.76. The summed E-state index contributed by atoms with van der Waals surface area (Å²) < 4.78 is 10.5. The van der Waals surface area contributed by atoms with Gasteiger partial charge in [-0.05, 0) is 45.2 Å². The van der Waals surface area contributed by atoms with Gasteiger partial charge in [-0.15, -0.1) is 0 Å². The normalized spacial score (nSPS) is 22.3. The van der Waals surface area contributed by atoms with Crippen molar-refractivity contribution in [2.24, 2.45) is 5.92 Å². The van der Waals surface area contributed by atoms with Crippen LogP contribution < -0.4 is 5.11 Å². The third-order valence-corrected chi connectivity index (χ3v) is 3.36. The third-order valence-electron chi connectivity index (χ3n) is 3.36. The van der Waals surface area contributed by atoms with Gasteiger partial charge >= 0.3 is 6.09 Å². The second-order valence-corrected chi connectivity index (χ2v) is 6.35. The van der Waals surface area contributed by atoms with E-state index in [0.29, 0.717) is 19.4 Å². The quantitative estimate of drug-likeness (QED) is 0.836. The Morgan fingerprint density at radius 3 is 2.71 bits per heavy atom. The van der Waals surface area contributed by atoms with Crippen molar-refractivity contribution in [2.75, 3.05) is 6.54 Å². The number of hydrogen-bond acceptors (Lipinski definition) is 5. The predicted molar refractivity (Wildman–Crippen MR) is 72.3 cm³/mol. The summed E-state index contributed by atoms with van der Waals surface area (Å²) >= 11 is 0. The van der Waals surface area contributed by atoms with Crippen molar-refractivity contribution in [2.45, 2.75) is 45.3 Å². The van der Waals surface area contributed by atoms with Crippen molar-refractivity contribution in [3.05, 3.63) is 24.2 Å². The van der Waals surface area contributed by atoms with Crippen LogP contribution in [0, 0.1) is 5.92 Å². The lowest BCUT2D eigenvalue weighted by Crippen LogP contribution is -2.48. The maximum Gasteiger partial charge on any atom is 0.410 e. The molecule has 21 heavy (non-hydrogen) atoms. The largest absolute Gasteiger partial charge is 0.548 e. The highest BCUT2D eigenvalue weighted by Gasteiger charge is 2.38. The van der Waals surface area contributed by atoms with Crippen LogP contribution in [-0.4, -0.2) is 35.2 Å². The number of carbonyl (C=O) groups excluding carboxylic acids is 2. The molecular formula is C15H20NO5-. The zero-order valence-electron chi connectivity index (χ0n) is 12.5. The van der Waals surface area contributed by atoms with E-state index in [9.17, 15) is 14.7 Å². The number of rotatable bonds is 3. The van der Waals surface area contributed by atoms with E-state index in [1.165, 1.54) is 4.90 Å². The standard InChI is InChI=1S/C15H21NO5/c1-15(2,3)21-14(19)16-9-10(8-12(16)13(17)18)7-11-5-4-6-20-11/h4-6,10,12H,7-9H2,1-3H3,(H,17,18)/p-1/t10-,12+/m1/s1. The molecule has 1 aliphatic rings. The van der Waals surface area contributed by atoms with Crippen LogP contribution in [0.5, 0.6) is 0 Å². The van der Waals surface area contributed by atoms with Crippen LogP contribution in [0.25, 0.3) is 0 Å². The molecule has 6 heteroatoms. The molecule has 1 aromatic heterocycles. The van der Waals surface area contributed by atoms with Crippen LogP contribution in [0.3, 0.4) is 0 Å². The maximum atomic E-state index is 12.1. The van der Waals surface area contributed by atoms with Gasteiger partial charge in [0.2, 0.25) is 0 Å². The molecule has 2 heterocycles. The van der Waals surface area contributed by atoms with Gasteiger partial charge in [-0.2, -0.15) is 0 Å². The van der Waals surface area contributed by atoms with E-state index in [-0.39, 0.29) is 5.92 Å². The molecule has 2 atom stereocenters. The minimum absolute atomic E-state index is 0.0200. The Morgan fingerprint density at radius 1 is 1.48 bits per heavy atom. The molecule has 0 spiro atoms. The number of aliphatic carboxylic acids is 1. The van der Waals surface area contributed by atoms with Gasteiger partial charge in [0, 0.05) is 13.0 Å². The van der Waals surface area contributed by atoms with Crippen LogP contribution in [-0.2, 0) is 16.0 Å². The first-order valence-corrected chi connectivity index (χ1v) is 6.99. The second kappa shape index (κ2) is 5.79. The number of carboxylic acid groups (broad SMARTS) is 1. The van der Waals surface area contributed by atoms with Gasteiger partial charge in [0.15, 0.2) is 0 Å². The van der Waals surface area contributed by atoms with Gasteiger partial charge in [0.25, 0.3) is 0 Å². The minimum Gasteiger partial charge on any atom is -0.548 e. The van der Waals surface area contributed by atoms with E-state index in [1.807, 2.05) is 6.07 Å². The minimum atomic E-state index is -1.25. The highest BCUT2D eigenvalue weighted by atomic mass is 16.6. The topological polar surface area (TPSA) is 82.8 Å². The molecule has 2 rings (SSSR count). The van der Waals surface area contributed by atoms with E-state index < -0.39 is 23.7 Å². The summed E-state index contributed by atoms with van der Waals surface area (Å²) in [6.07, 6.45) is 1.91. The molecule has 6 nitrogen and oxygen atoms in total. The number of nitrogens with zero attached hydrogens (tertiary/aromatic N) is 1. The Labute approximate surface area is 123 Å². The van der Waals surface area contributed by atoms with E-state index in [4.69, 9.17) is 9.15 Å². The molecule has 116 valence electrons. The van der Waals surface area contributed by atoms with Crippen molar-refractivity contribution in [1.82, 2.24) is 4.90 Å². The fourth-order valence-electron chi connectivity index (χ4n) is 2.53. The molecule has 1 saturated heterocycles. The van der Waals surface area contributed by atoms with Crippen molar-refractivity contribution in [3.63, 3.8) is 0 Å². The van der Waals surface area contributed by atoms with Gasteiger partial charge in [-0.1, -0.05) is 0 Å². The van der Waals surface area contributed by atoms with E-state index in [1.54, 1.807) is 33.1 Å². The molecule has 0 unspecified atom stereocenters. The molecular weight excluding hydrogens is 274 g/mol. The lowest BCUT2D eigenvalue weighted by atomic mass is 10.0. The Hall–Kier alpha value is -1.98. The van der Waals surface area contributed by atoms with Crippen LogP contribution in [0.1, 0.15) is 33.0 Å². The lowest BCUT2D eigenvalue weighted by Gasteiger charge is -2.28.